The van der Waals surface area contributed by atoms with Crippen molar-refractivity contribution in [1.82, 2.24) is 5.32 Å². The van der Waals surface area contributed by atoms with Crippen molar-refractivity contribution < 1.29 is 4.74 Å². The molecule has 2 unspecified atom stereocenters. The third-order valence-electron chi connectivity index (χ3n) is 3.51. The summed E-state index contributed by atoms with van der Waals surface area (Å²) in [4.78, 5) is 0. The second-order valence-electron chi connectivity index (χ2n) is 4.93. The Labute approximate surface area is 122 Å². The van der Waals surface area contributed by atoms with Gasteiger partial charge in [-0.3, -0.25) is 0 Å². The summed E-state index contributed by atoms with van der Waals surface area (Å²) in [5.41, 5.74) is 2.70. The van der Waals surface area contributed by atoms with Crippen LogP contribution in [0.15, 0.2) is 16.6 Å². The number of fused-ring (bicyclic) bond motifs is 1. The second-order valence-corrected chi connectivity index (χ2v) is 6.95. The minimum Gasteiger partial charge on any atom is -0.496 e. The van der Waals surface area contributed by atoms with Crippen molar-refractivity contribution >= 4 is 27.7 Å². The number of ether oxygens (including phenoxy) is 1. The van der Waals surface area contributed by atoms with Gasteiger partial charge in [-0.1, -0.05) is 29.8 Å². The van der Waals surface area contributed by atoms with Crippen LogP contribution < -0.4 is 10.1 Å². The Morgan fingerprint density at radius 2 is 2.17 bits per heavy atom. The molecular weight excluding hydrogens is 310 g/mol. The lowest BCUT2D eigenvalue weighted by molar-refractivity contribution is 0.405. The second kappa shape index (κ2) is 5.85. The number of hydrogen-bond acceptors (Lipinski definition) is 3. The van der Waals surface area contributed by atoms with Gasteiger partial charge in [-0.2, -0.15) is 11.8 Å². The van der Waals surface area contributed by atoms with E-state index in [1.54, 1.807) is 7.11 Å². The minimum atomic E-state index is 0.378. The van der Waals surface area contributed by atoms with Gasteiger partial charge in [0.1, 0.15) is 5.75 Å². The Bertz CT molecular complexity index is 436. The van der Waals surface area contributed by atoms with Crippen molar-refractivity contribution in [2.24, 2.45) is 5.92 Å². The zero-order valence-corrected chi connectivity index (χ0v) is 13.7. The van der Waals surface area contributed by atoms with Gasteiger partial charge in [0.25, 0.3) is 0 Å². The van der Waals surface area contributed by atoms with Crippen LogP contribution in [0.3, 0.4) is 0 Å². The molecule has 1 aromatic carbocycles. The maximum absolute atomic E-state index is 5.49. The van der Waals surface area contributed by atoms with Crippen LogP contribution in [0, 0.1) is 5.92 Å². The van der Waals surface area contributed by atoms with Gasteiger partial charge in [0.15, 0.2) is 0 Å². The van der Waals surface area contributed by atoms with Crippen molar-refractivity contribution in [1.29, 1.82) is 0 Å². The van der Waals surface area contributed by atoms with Gasteiger partial charge in [-0.05, 0) is 30.7 Å². The molecule has 100 valence electrons. The predicted molar refractivity (Wildman–Crippen MR) is 82.4 cm³/mol. The standard InChI is InChI=1S/C14H20BrNOS/c1-8(2)14-13(16-3)12-9(7-18-14)11(17-4)6-5-10(12)15/h5-6,8,13-14,16H,7H2,1-4H3. The summed E-state index contributed by atoms with van der Waals surface area (Å²) < 4.78 is 6.68. The van der Waals surface area contributed by atoms with E-state index in [0.717, 1.165) is 11.5 Å². The van der Waals surface area contributed by atoms with Crippen LogP contribution >= 0.6 is 27.7 Å². The van der Waals surface area contributed by atoms with E-state index in [1.165, 1.54) is 15.6 Å². The van der Waals surface area contributed by atoms with Crippen molar-refractivity contribution in [2.45, 2.75) is 30.9 Å². The lowest BCUT2D eigenvalue weighted by Crippen LogP contribution is -2.34. The fourth-order valence-corrected chi connectivity index (χ4v) is 4.74. The van der Waals surface area contributed by atoms with E-state index in [4.69, 9.17) is 4.74 Å². The lowest BCUT2D eigenvalue weighted by Gasteiger charge is -2.36. The molecule has 2 atom stereocenters. The number of benzene rings is 1. The highest BCUT2D eigenvalue weighted by molar-refractivity contribution is 9.10. The first-order valence-corrected chi connectivity index (χ1v) is 8.08. The first-order valence-electron chi connectivity index (χ1n) is 6.24. The van der Waals surface area contributed by atoms with Crippen molar-refractivity contribution in [3.8, 4) is 5.75 Å². The van der Waals surface area contributed by atoms with E-state index in [2.05, 4.69) is 41.2 Å². The van der Waals surface area contributed by atoms with Gasteiger partial charge in [0.05, 0.1) is 7.11 Å². The summed E-state index contributed by atoms with van der Waals surface area (Å²) >= 11 is 5.72. The summed E-state index contributed by atoms with van der Waals surface area (Å²) in [7, 11) is 3.79. The molecule has 1 N–H and O–H groups in total. The Morgan fingerprint density at radius 1 is 1.44 bits per heavy atom. The smallest absolute Gasteiger partial charge is 0.123 e. The molecule has 1 heterocycles. The van der Waals surface area contributed by atoms with E-state index in [-0.39, 0.29) is 0 Å². The molecule has 4 heteroatoms. The molecule has 1 aromatic rings. The normalized spacial score (nSPS) is 23.0. The fraction of sp³-hybridized carbons (Fsp3) is 0.571. The third kappa shape index (κ3) is 2.43. The third-order valence-corrected chi connectivity index (χ3v) is 5.86. The van der Waals surface area contributed by atoms with Crippen LogP contribution in [0.4, 0.5) is 0 Å². The highest BCUT2D eigenvalue weighted by Crippen LogP contribution is 2.46. The number of thioether (sulfide) groups is 1. The summed E-state index contributed by atoms with van der Waals surface area (Å²) in [5.74, 6) is 2.68. The molecular formula is C14H20BrNOS. The van der Waals surface area contributed by atoms with Crippen LogP contribution in [0.5, 0.6) is 5.75 Å². The molecule has 0 fully saturated rings. The topological polar surface area (TPSA) is 21.3 Å². The van der Waals surface area contributed by atoms with Crippen LogP contribution in [-0.2, 0) is 5.75 Å². The van der Waals surface area contributed by atoms with E-state index < -0.39 is 0 Å². The molecule has 0 amide bonds. The molecule has 0 bridgehead atoms. The molecule has 0 saturated carbocycles. The van der Waals surface area contributed by atoms with Gasteiger partial charge >= 0.3 is 0 Å². The Hall–Kier alpha value is -0.190. The molecule has 0 radical (unpaired) electrons. The largest absolute Gasteiger partial charge is 0.496 e. The summed E-state index contributed by atoms with van der Waals surface area (Å²) in [6.07, 6.45) is 0. The van der Waals surface area contributed by atoms with Crippen LogP contribution in [-0.4, -0.2) is 19.4 Å². The average molecular weight is 330 g/mol. The van der Waals surface area contributed by atoms with Gasteiger partial charge in [0.2, 0.25) is 0 Å². The van der Waals surface area contributed by atoms with Crippen LogP contribution in [0.2, 0.25) is 0 Å². The van der Waals surface area contributed by atoms with Crippen molar-refractivity contribution in [2.75, 3.05) is 14.2 Å². The van der Waals surface area contributed by atoms with E-state index >= 15 is 0 Å². The molecule has 0 aromatic heterocycles. The zero-order chi connectivity index (χ0) is 13.3. The SMILES string of the molecule is CNC1c2c(Br)ccc(OC)c2CSC1C(C)C. The quantitative estimate of drug-likeness (QED) is 0.905. The zero-order valence-electron chi connectivity index (χ0n) is 11.3. The van der Waals surface area contributed by atoms with Gasteiger partial charge < -0.3 is 10.1 Å². The molecule has 0 spiro atoms. The van der Waals surface area contributed by atoms with Crippen LogP contribution in [0.1, 0.15) is 31.0 Å². The van der Waals surface area contributed by atoms with Crippen LogP contribution in [0.25, 0.3) is 0 Å². The molecule has 2 rings (SSSR count). The Balaban J connectivity index is 2.51. The lowest BCUT2D eigenvalue weighted by atomic mass is 9.92. The summed E-state index contributed by atoms with van der Waals surface area (Å²) in [6, 6.07) is 4.52. The maximum atomic E-state index is 5.49. The van der Waals surface area contributed by atoms with E-state index in [1.807, 2.05) is 24.9 Å². The molecule has 1 aliphatic rings. The minimum absolute atomic E-state index is 0.378. The molecule has 18 heavy (non-hydrogen) atoms. The van der Waals surface area contributed by atoms with E-state index in [0.29, 0.717) is 17.2 Å². The summed E-state index contributed by atoms with van der Waals surface area (Å²) in [6.45, 7) is 4.59. The first kappa shape index (κ1) is 14.2. The number of methoxy groups -OCH3 is 1. The highest BCUT2D eigenvalue weighted by atomic mass is 79.9. The Morgan fingerprint density at radius 3 is 2.72 bits per heavy atom. The monoisotopic (exact) mass is 329 g/mol. The van der Waals surface area contributed by atoms with Gasteiger partial charge in [-0.25, -0.2) is 0 Å². The number of hydrogen-bond donors (Lipinski definition) is 1. The number of nitrogens with one attached hydrogen (secondary N) is 1. The fourth-order valence-electron chi connectivity index (χ4n) is 2.62. The molecule has 0 saturated heterocycles. The summed E-state index contributed by atoms with van der Waals surface area (Å²) in [5, 5.41) is 4.08. The number of rotatable bonds is 3. The highest BCUT2D eigenvalue weighted by Gasteiger charge is 2.34. The first-order chi connectivity index (χ1) is 8.60. The van der Waals surface area contributed by atoms with E-state index in [9.17, 15) is 0 Å². The molecule has 1 aliphatic heterocycles. The maximum Gasteiger partial charge on any atom is 0.123 e. The predicted octanol–water partition coefficient (Wildman–Crippen LogP) is 3.99. The van der Waals surface area contributed by atoms with Gasteiger partial charge in [0, 0.05) is 27.1 Å². The average Bonchev–Trinajstić information content (AvgIpc) is 2.37. The molecule has 2 nitrogen and oxygen atoms in total. The van der Waals surface area contributed by atoms with Crippen molar-refractivity contribution in [3.63, 3.8) is 0 Å². The Kier molecular flexibility index (Phi) is 4.62. The number of halogens is 1. The molecule has 0 aliphatic carbocycles. The van der Waals surface area contributed by atoms with Crippen molar-refractivity contribution in [3.05, 3.63) is 27.7 Å². The van der Waals surface area contributed by atoms with Gasteiger partial charge in [-0.15, -0.1) is 0 Å².